The summed E-state index contributed by atoms with van der Waals surface area (Å²) in [6.07, 6.45) is -0.903. The maximum absolute atomic E-state index is 13.4. The Bertz CT molecular complexity index is 1440. The zero-order valence-electron chi connectivity index (χ0n) is 23.0. The first-order valence-electron chi connectivity index (χ1n) is 13.2. The molecular formula is C28H35F3N4O3S2. The quantitative estimate of drug-likeness (QED) is 0.325. The minimum absolute atomic E-state index is 0.113. The maximum atomic E-state index is 13.4. The average Bonchev–Trinajstić information content (AvgIpc) is 3.30. The molecule has 0 radical (unpaired) electrons. The monoisotopic (exact) mass is 596 g/mol. The largest absolute Gasteiger partial charge is 0.418 e. The van der Waals surface area contributed by atoms with Crippen LogP contribution in [0.2, 0.25) is 0 Å². The van der Waals surface area contributed by atoms with E-state index in [2.05, 4.69) is 34.0 Å². The number of nitrogens with one attached hydrogen (secondary N) is 2. The highest BCUT2D eigenvalue weighted by Gasteiger charge is 2.37. The van der Waals surface area contributed by atoms with Crippen molar-refractivity contribution in [3.05, 3.63) is 53.9 Å². The molecular weight excluding hydrogens is 561 g/mol. The first kappa shape index (κ1) is 30.4. The van der Waals surface area contributed by atoms with Crippen molar-refractivity contribution < 1.29 is 26.4 Å². The van der Waals surface area contributed by atoms with Gasteiger partial charge in [-0.1, -0.05) is 6.07 Å². The molecule has 0 bridgehead atoms. The number of halogens is 3. The van der Waals surface area contributed by atoms with Crippen LogP contribution < -0.4 is 5.32 Å². The molecule has 1 aliphatic carbocycles. The molecule has 218 valence electrons. The van der Waals surface area contributed by atoms with E-state index in [1.54, 1.807) is 24.3 Å². The number of hydrogen-bond donors (Lipinski definition) is 2. The molecule has 0 saturated heterocycles. The van der Waals surface area contributed by atoms with Crippen LogP contribution in [0.1, 0.15) is 44.5 Å². The van der Waals surface area contributed by atoms with Crippen LogP contribution in [-0.4, -0.2) is 66.4 Å². The van der Waals surface area contributed by atoms with Gasteiger partial charge in [0.2, 0.25) is 5.91 Å². The number of carbonyl (C=O) groups is 1. The number of carbonyl (C=O) groups excluding carboxylic acids is 1. The molecule has 3 aromatic rings. The molecule has 40 heavy (non-hydrogen) atoms. The third-order valence-corrected chi connectivity index (χ3v) is 10.3. The number of imidazole rings is 1. The summed E-state index contributed by atoms with van der Waals surface area (Å²) >= 11 is 1.53. The van der Waals surface area contributed by atoms with Crippen molar-refractivity contribution in [1.29, 1.82) is 0 Å². The fourth-order valence-electron chi connectivity index (χ4n) is 5.37. The second-order valence-corrected chi connectivity index (χ2v) is 13.6. The summed E-state index contributed by atoms with van der Waals surface area (Å²) in [7, 11) is -1.60. The summed E-state index contributed by atoms with van der Waals surface area (Å²) in [6.45, 7) is 4.18. The number of hydrogen-bond acceptors (Lipinski definition) is 6. The Hall–Kier alpha value is -2.57. The highest BCUT2D eigenvalue weighted by molar-refractivity contribution is 7.98. The summed E-state index contributed by atoms with van der Waals surface area (Å²) in [4.78, 5) is 23.4. The third-order valence-electron chi connectivity index (χ3n) is 7.74. The lowest BCUT2D eigenvalue weighted by Gasteiger charge is -2.41. The number of aromatic nitrogens is 2. The SMILES string of the molecule is CSc1ccc(S(=O)(=O)CC2C[C@H](N(C)C(C)C)CCC2NC(=O)Cc2nc3c(C(F)(F)F)cccc3[nH]2)cc1. The van der Waals surface area contributed by atoms with Crippen LogP contribution in [0, 0.1) is 5.92 Å². The molecule has 1 amide bonds. The number of thioether (sulfide) groups is 1. The average molecular weight is 597 g/mol. The number of nitrogens with zero attached hydrogens (tertiary/aromatic N) is 2. The maximum Gasteiger partial charge on any atom is 0.418 e. The molecule has 1 aromatic heterocycles. The van der Waals surface area contributed by atoms with Crippen LogP contribution >= 0.6 is 11.8 Å². The minimum Gasteiger partial charge on any atom is -0.353 e. The van der Waals surface area contributed by atoms with Crippen LogP contribution in [0.4, 0.5) is 13.2 Å². The predicted octanol–water partition coefficient (Wildman–Crippen LogP) is 5.31. The fourth-order valence-corrected chi connectivity index (χ4v) is 7.46. The Morgan fingerprint density at radius 1 is 1.18 bits per heavy atom. The molecule has 1 aliphatic rings. The van der Waals surface area contributed by atoms with Gasteiger partial charge in [-0.25, -0.2) is 13.4 Å². The number of aromatic amines is 1. The van der Waals surface area contributed by atoms with Gasteiger partial charge in [-0.05, 0) is 88.7 Å². The topological polar surface area (TPSA) is 95.2 Å². The Morgan fingerprint density at radius 2 is 1.88 bits per heavy atom. The first-order chi connectivity index (χ1) is 18.8. The molecule has 0 aliphatic heterocycles. The molecule has 1 heterocycles. The van der Waals surface area contributed by atoms with E-state index < -0.39 is 27.5 Å². The van der Waals surface area contributed by atoms with Crippen LogP contribution in [-0.2, 0) is 27.2 Å². The number of benzene rings is 2. The highest BCUT2D eigenvalue weighted by Crippen LogP contribution is 2.34. The van der Waals surface area contributed by atoms with Crippen molar-refractivity contribution in [3.63, 3.8) is 0 Å². The minimum atomic E-state index is -4.57. The van der Waals surface area contributed by atoms with Gasteiger partial charge in [-0.15, -0.1) is 11.8 Å². The Morgan fingerprint density at radius 3 is 2.50 bits per heavy atom. The van der Waals surface area contributed by atoms with E-state index in [9.17, 15) is 26.4 Å². The molecule has 7 nitrogen and oxygen atoms in total. The molecule has 1 saturated carbocycles. The van der Waals surface area contributed by atoms with E-state index in [1.807, 2.05) is 13.3 Å². The van der Waals surface area contributed by atoms with Crippen LogP contribution in [0.25, 0.3) is 11.0 Å². The number of alkyl halides is 3. The molecule has 4 rings (SSSR count). The Balaban J connectivity index is 1.52. The van der Waals surface area contributed by atoms with E-state index >= 15 is 0 Å². The van der Waals surface area contributed by atoms with E-state index in [1.165, 1.54) is 23.9 Å². The van der Waals surface area contributed by atoms with Crippen LogP contribution in [0.3, 0.4) is 0 Å². The number of H-pyrrole nitrogens is 1. The van der Waals surface area contributed by atoms with Gasteiger partial charge in [0.05, 0.1) is 28.1 Å². The van der Waals surface area contributed by atoms with E-state index in [4.69, 9.17) is 0 Å². The number of fused-ring (bicyclic) bond motifs is 1. The summed E-state index contributed by atoms with van der Waals surface area (Å²) in [5.74, 6) is -0.740. The van der Waals surface area contributed by atoms with Crippen LogP contribution in [0.5, 0.6) is 0 Å². The first-order valence-corrected chi connectivity index (χ1v) is 16.1. The summed E-state index contributed by atoms with van der Waals surface area (Å²) < 4.78 is 67.0. The molecule has 2 unspecified atom stereocenters. The van der Waals surface area contributed by atoms with Gasteiger partial charge in [0, 0.05) is 23.0 Å². The van der Waals surface area contributed by atoms with Gasteiger partial charge in [-0.3, -0.25) is 4.79 Å². The van der Waals surface area contributed by atoms with E-state index in [0.29, 0.717) is 12.8 Å². The molecule has 2 aromatic carbocycles. The number of para-hydroxylation sites is 1. The predicted molar refractivity (Wildman–Crippen MR) is 151 cm³/mol. The van der Waals surface area contributed by atoms with Crippen molar-refractivity contribution in [2.45, 2.75) is 73.6 Å². The van der Waals surface area contributed by atoms with Gasteiger partial charge in [0.1, 0.15) is 11.3 Å². The van der Waals surface area contributed by atoms with Gasteiger partial charge in [0.25, 0.3) is 0 Å². The lowest BCUT2D eigenvalue weighted by molar-refractivity contribution is -0.136. The van der Waals surface area contributed by atoms with E-state index in [-0.39, 0.29) is 58.0 Å². The lowest BCUT2D eigenvalue weighted by Crippen LogP contribution is -2.51. The second-order valence-electron chi connectivity index (χ2n) is 10.7. The number of rotatable bonds is 9. The summed E-state index contributed by atoms with van der Waals surface area (Å²) in [5, 5.41) is 2.98. The molecule has 3 atom stereocenters. The molecule has 1 fully saturated rings. The van der Waals surface area contributed by atoms with Crippen molar-refractivity contribution in [2.75, 3.05) is 19.1 Å². The highest BCUT2D eigenvalue weighted by atomic mass is 32.2. The zero-order chi connectivity index (χ0) is 29.2. The Kier molecular flexibility index (Phi) is 9.21. The normalized spacial score (nSPS) is 20.4. The second kappa shape index (κ2) is 12.1. The van der Waals surface area contributed by atoms with E-state index in [0.717, 1.165) is 17.4 Å². The molecule has 2 N–H and O–H groups in total. The Labute approximate surface area is 237 Å². The fraction of sp³-hybridized carbons (Fsp3) is 0.500. The molecule has 0 spiro atoms. The van der Waals surface area contributed by atoms with Gasteiger partial charge >= 0.3 is 6.18 Å². The standard InChI is InChI=1S/C28H35F3N4O3S2/c1-17(2)35(3)19-8-13-23(18(14-19)16-40(37,38)21-11-9-20(39-4)10-12-21)33-26(36)15-25-32-24-7-5-6-22(27(24)34-25)28(29,30)31/h5-7,9-12,17-19,23H,8,13-16H2,1-4H3,(H,32,34)(H,33,36)/t18?,19-,23?/m1/s1. The van der Waals surface area contributed by atoms with Gasteiger partial charge < -0.3 is 15.2 Å². The molecule has 12 heteroatoms. The van der Waals surface area contributed by atoms with Gasteiger partial charge in [0.15, 0.2) is 9.84 Å². The van der Waals surface area contributed by atoms with Crippen molar-refractivity contribution in [2.24, 2.45) is 5.92 Å². The van der Waals surface area contributed by atoms with Crippen molar-refractivity contribution in [3.8, 4) is 0 Å². The summed E-state index contributed by atoms with van der Waals surface area (Å²) in [5.41, 5.74) is -0.894. The van der Waals surface area contributed by atoms with Crippen molar-refractivity contribution >= 4 is 38.5 Å². The zero-order valence-corrected chi connectivity index (χ0v) is 24.6. The smallest absolute Gasteiger partial charge is 0.353 e. The van der Waals surface area contributed by atoms with Crippen LogP contribution in [0.15, 0.2) is 52.3 Å². The summed E-state index contributed by atoms with van der Waals surface area (Å²) in [6, 6.07) is 10.6. The number of amides is 1. The third kappa shape index (κ3) is 7.01. The van der Waals surface area contributed by atoms with Crippen molar-refractivity contribution in [1.82, 2.24) is 20.2 Å². The lowest BCUT2D eigenvalue weighted by atomic mass is 9.81. The van der Waals surface area contributed by atoms with Gasteiger partial charge in [-0.2, -0.15) is 13.2 Å². The number of sulfone groups is 1.